The van der Waals surface area contributed by atoms with E-state index in [9.17, 15) is 17.6 Å². The van der Waals surface area contributed by atoms with Gasteiger partial charge in [0, 0.05) is 24.8 Å². The molecule has 30 heavy (non-hydrogen) atoms. The van der Waals surface area contributed by atoms with E-state index in [4.69, 9.17) is 11.6 Å². The zero-order valence-corrected chi connectivity index (χ0v) is 17.6. The number of nitrogens with zero attached hydrogens (tertiary/aromatic N) is 2. The summed E-state index contributed by atoms with van der Waals surface area (Å²) in [4.78, 5) is 12.6. The molecule has 0 radical (unpaired) electrons. The van der Waals surface area contributed by atoms with Crippen LogP contribution < -0.4 is 10.0 Å². The van der Waals surface area contributed by atoms with Gasteiger partial charge in [0.05, 0.1) is 18.7 Å². The third kappa shape index (κ3) is 5.88. The van der Waals surface area contributed by atoms with Crippen LogP contribution in [0.4, 0.5) is 4.39 Å². The number of halogens is 2. The molecule has 1 heterocycles. The maximum atomic E-state index is 13.5. The van der Waals surface area contributed by atoms with Gasteiger partial charge in [0.2, 0.25) is 15.9 Å². The van der Waals surface area contributed by atoms with Crippen LogP contribution in [0.25, 0.3) is 0 Å². The lowest BCUT2D eigenvalue weighted by molar-refractivity contribution is -0.121. The highest BCUT2D eigenvalue weighted by molar-refractivity contribution is 7.89. The zero-order valence-electron chi connectivity index (χ0n) is 16.0. The number of aryl methyl sites for hydroxylation is 1. The molecule has 0 aliphatic rings. The van der Waals surface area contributed by atoms with Gasteiger partial charge in [-0.05, 0) is 29.3 Å². The summed E-state index contributed by atoms with van der Waals surface area (Å²) in [5.41, 5.74) is 1.14. The number of nitrogens with one attached hydrogen (secondary N) is 2. The molecule has 0 spiro atoms. The number of carbonyl (C=O) groups excluding carboxylic acids is 1. The lowest BCUT2D eigenvalue weighted by Crippen LogP contribution is -2.38. The minimum absolute atomic E-state index is 0.0255. The van der Waals surface area contributed by atoms with Gasteiger partial charge >= 0.3 is 0 Å². The second-order valence-corrected chi connectivity index (χ2v) is 8.89. The molecule has 0 bridgehead atoms. The Labute approximate surface area is 178 Å². The van der Waals surface area contributed by atoms with E-state index in [1.807, 2.05) is 6.07 Å². The van der Waals surface area contributed by atoms with E-state index < -0.39 is 27.8 Å². The Morgan fingerprint density at radius 2 is 1.97 bits per heavy atom. The second-order valence-electron chi connectivity index (χ2n) is 6.69. The van der Waals surface area contributed by atoms with Crippen molar-refractivity contribution in [3.05, 3.63) is 82.9 Å². The quantitative estimate of drug-likeness (QED) is 0.551. The minimum Gasteiger partial charge on any atom is -0.348 e. The van der Waals surface area contributed by atoms with Gasteiger partial charge < -0.3 is 5.32 Å². The van der Waals surface area contributed by atoms with Gasteiger partial charge in [-0.3, -0.25) is 9.48 Å². The molecule has 7 nitrogen and oxygen atoms in total. The molecule has 1 atom stereocenters. The number of sulfonamides is 1. The molecule has 158 valence electrons. The van der Waals surface area contributed by atoms with Gasteiger partial charge in [-0.1, -0.05) is 41.9 Å². The van der Waals surface area contributed by atoms with Gasteiger partial charge in [0.1, 0.15) is 10.7 Å². The molecule has 0 saturated carbocycles. The van der Waals surface area contributed by atoms with Gasteiger partial charge in [-0.25, -0.2) is 17.5 Å². The van der Waals surface area contributed by atoms with Crippen molar-refractivity contribution in [3.8, 4) is 0 Å². The summed E-state index contributed by atoms with van der Waals surface area (Å²) < 4.78 is 42.4. The van der Waals surface area contributed by atoms with E-state index in [1.165, 1.54) is 29.2 Å². The monoisotopic (exact) mass is 450 g/mol. The molecule has 0 fully saturated rings. The van der Waals surface area contributed by atoms with Crippen molar-refractivity contribution in [1.82, 2.24) is 19.8 Å². The number of benzene rings is 2. The van der Waals surface area contributed by atoms with Crippen LogP contribution in [0.1, 0.15) is 17.2 Å². The number of carbonyl (C=O) groups is 1. The Balaban J connectivity index is 1.73. The molecule has 1 aromatic heterocycles. The summed E-state index contributed by atoms with van der Waals surface area (Å²) in [5, 5.41) is 6.86. The number of amides is 1. The largest absolute Gasteiger partial charge is 0.348 e. The molecular weight excluding hydrogens is 431 g/mol. The topological polar surface area (TPSA) is 93.1 Å². The number of aromatic nitrogens is 2. The maximum Gasteiger partial charge on any atom is 0.243 e. The predicted octanol–water partition coefficient (Wildman–Crippen LogP) is 2.59. The Bertz CT molecular complexity index is 1120. The van der Waals surface area contributed by atoms with Crippen LogP contribution in [-0.2, 0) is 28.3 Å². The van der Waals surface area contributed by atoms with E-state index in [0.29, 0.717) is 5.56 Å². The second kappa shape index (κ2) is 9.38. The SMILES string of the molecule is Cn1cc(S(=O)(=O)NCC(NC(=O)Cc2cc(F)cc(Cl)c2)c2ccccc2)cn1. The normalized spacial score (nSPS) is 12.5. The molecule has 10 heteroatoms. The Kier molecular flexibility index (Phi) is 6.86. The Morgan fingerprint density at radius 3 is 2.60 bits per heavy atom. The van der Waals surface area contributed by atoms with Crippen LogP contribution in [0.3, 0.4) is 0 Å². The molecule has 0 aliphatic heterocycles. The maximum absolute atomic E-state index is 13.5. The average molecular weight is 451 g/mol. The first kappa shape index (κ1) is 21.9. The van der Waals surface area contributed by atoms with Crippen molar-refractivity contribution in [2.75, 3.05) is 6.54 Å². The van der Waals surface area contributed by atoms with Gasteiger partial charge in [0.25, 0.3) is 0 Å². The Hall–Kier alpha value is -2.75. The van der Waals surface area contributed by atoms with E-state index >= 15 is 0 Å². The van der Waals surface area contributed by atoms with Crippen LogP contribution in [0.2, 0.25) is 5.02 Å². The van der Waals surface area contributed by atoms with Gasteiger partial charge in [-0.2, -0.15) is 5.10 Å². The lowest BCUT2D eigenvalue weighted by atomic mass is 10.1. The predicted molar refractivity (Wildman–Crippen MR) is 111 cm³/mol. The zero-order chi connectivity index (χ0) is 21.7. The van der Waals surface area contributed by atoms with E-state index in [1.54, 1.807) is 31.3 Å². The van der Waals surface area contributed by atoms with Crippen LogP contribution in [0, 0.1) is 5.82 Å². The van der Waals surface area contributed by atoms with Crippen molar-refractivity contribution in [2.45, 2.75) is 17.4 Å². The van der Waals surface area contributed by atoms with Crippen molar-refractivity contribution in [1.29, 1.82) is 0 Å². The fraction of sp³-hybridized carbons (Fsp3) is 0.200. The van der Waals surface area contributed by atoms with Crippen LogP contribution in [-0.4, -0.2) is 30.7 Å². The third-order valence-corrected chi connectivity index (χ3v) is 5.89. The molecule has 1 amide bonds. The summed E-state index contributed by atoms with van der Waals surface area (Å²) in [6, 6.07) is 12.2. The van der Waals surface area contributed by atoms with Gasteiger partial charge in [-0.15, -0.1) is 0 Å². The number of hydrogen-bond acceptors (Lipinski definition) is 4. The molecule has 3 aromatic rings. The van der Waals surface area contributed by atoms with E-state index in [0.717, 1.165) is 11.6 Å². The highest BCUT2D eigenvalue weighted by atomic mass is 35.5. The number of rotatable bonds is 8. The molecule has 3 rings (SSSR count). The molecule has 0 saturated heterocycles. The van der Waals surface area contributed by atoms with Crippen molar-refractivity contribution < 1.29 is 17.6 Å². The summed E-state index contributed by atoms with van der Waals surface area (Å²) in [6.45, 7) is -0.0725. The first-order valence-corrected chi connectivity index (χ1v) is 10.9. The van der Waals surface area contributed by atoms with E-state index in [-0.39, 0.29) is 22.9 Å². The minimum atomic E-state index is -3.80. The molecule has 2 aromatic carbocycles. The summed E-state index contributed by atoms with van der Waals surface area (Å²) in [5.74, 6) is -0.930. The fourth-order valence-corrected chi connectivity index (χ4v) is 4.17. The first-order valence-electron chi connectivity index (χ1n) is 9.00. The lowest BCUT2D eigenvalue weighted by Gasteiger charge is -2.20. The number of hydrogen-bond donors (Lipinski definition) is 2. The van der Waals surface area contributed by atoms with Crippen LogP contribution in [0.5, 0.6) is 0 Å². The highest BCUT2D eigenvalue weighted by Crippen LogP contribution is 2.17. The van der Waals surface area contributed by atoms with Crippen molar-refractivity contribution in [2.24, 2.45) is 7.05 Å². The van der Waals surface area contributed by atoms with Crippen LogP contribution in [0.15, 0.2) is 65.8 Å². The van der Waals surface area contributed by atoms with Crippen molar-refractivity contribution in [3.63, 3.8) is 0 Å². The molecular formula is C20H20ClFN4O3S. The summed E-state index contributed by atoms with van der Waals surface area (Å²) >= 11 is 5.84. The standard InChI is InChI=1S/C20H20ClFN4O3S/c1-26-13-18(11-23-26)30(28,29)24-12-19(15-5-3-2-4-6-15)25-20(27)9-14-7-16(21)10-17(22)8-14/h2-8,10-11,13,19,24H,9,12H2,1H3,(H,25,27). The smallest absolute Gasteiger partial charge is 0.243 e. The Morgan fingerprint density at radius 1 is 1.23 bits per heavy atom. The first-order chi connectivity index (χ1) is 14.2. The van der Waals surface area contributed by atoms with Crippen LogP contribution >= 0.6 is 11.6 Å². The summed E-state index contributed by atoms with van der Waals surface area (Å²) in [6.07, 6.45) is 2.52. The third-order valence-electron chi connectivity index (χ3n) is 4.29. The molecule has 1 unspecified atom stereocenters. The molecule has 0 aliphatic carbocycles. The fourth-order valence-electron chi connectivity index (χ4n) is 2.90. The molecule has 2 N–H and O–H groups in total. The van der Waals surface area contributed by atoms with Gasteiger partial charge in [0.15, 0.2) is 0 Å². The van der Waals surface area contributed by atoms with Crippen molar-refractivity contribution >= 4 is 27.5 Å². The average Bonchev–Trinajstić information content (AvgIpc) is 3.12. The highest BCUT2D eigenvalue weighted by Gasteiger charge is 2.21. The summed E-state index contributed by atoms with van der Waals surface area (Å²) in [7, 11) is -2.18. The van der Waals surface area contributed by atoms with E-state index in [2.05, 4.69) is 15.1 Å².